The molecule has 0 saturated heterocycles. The van der Waals surface area contributed by atoms with Gasteiger partial charge in [0.1, 0.15) is 11.7 Å². The minimum Gasteiger partial charge on any atom is -0.383 e. The summed E-state index contributed by atoms with van der Waals surface area (Å²) in [5.74, 6) is -0.241. The zero-order valence-corrected chi connectivity index (χ0v) is 11.1. The van der Waals surface area contributed by atoms with E-state index in [0.717, 1.165) is 16.9 Å². The number of aryl methyl sites for hydroxylation is 1. The Morgan fingerprint density at radius 1 is 1.63 bits per heavy atom. The molecule has 6 heteroatoms. The van der Waals surface area contributed by atoms with E-state index in [1.807, 2.05) is 35.9 Å². The van der Waals surface area contributed by atoms with Crippen LogP contribution in [0.3, 0.4) is 0 Å². The molecule has 2 aromatic rings. The van der Waals surface area contributed by atoms with Crippen LogP contribution >= 0.6 is 0 Å². The number of nitrogens with zero attached hydrogens (tertiary/aromatic N) is 2. The molecular formula is C13H18N4O2. The molecule has 2 heterocycles. The number of nitrogens with one attached hydrogen (secondary N) is 1. The lowest BCUT2D eigenvalue weighted by Crippen LogP contribution is -2.43. The minimum atomic E-state index is -0.649. The summed E-state index contributed by atoms with van der Waals surface area (Å²) in [6, 6.07) is 3.34. The molecule has 3 N–H and O–H groups in total. The Hall–Kier alpha value is -1.92. The molecule has 0 bridgehead atoms. The highest BCUT2D eigenvalue weighted by Crippen LogP contribution is 2.07. The van der Waals surface area contributed by atoms with Crippen molar-refractivity contribution in [1.29, 1.82) is 0 Å². The second-order valence-electron chi connectivity index (χ2n) is 4.48. The summed E-state index contributed by atoms with van der Waals surface area (Å²) >= 11 is 0. The molecule has 0 radical (unpaired) electrons. The molecule has 0 aromatic carbocycles. The van der Waals surface area contributed by atoms with E-state index in [1.54, 1.807) is 0 Å². The van der Waals surface area contributed by atoms with Crippen molar-refractivity contribution < 1.29 is 9.53 Å². The van der Waals surface area contributed by atoms with Crippen LogP contribution in [0.25, 0.3) is 5.65 Å². The molecule has 0 aliphatic carbocycles. The maximum absolute atomic E-state index is 11.6. The fourth-order valence-corrected chi connectivity index (χ4v) is 1.79. The number of methoxy groups -OCH3 is 1. The quantitative estimate of drug-likeness (QED) is 0.808. The summed E-state index contributed by atoms with van der Waals surface area (Å²) in [5, 5.41) is 2.74. The highest BCUT2D eigenvalue weighted by atomic mass is 16.5. The van der Waals surface area contributed by atoms with Crippen molar-refractivity contribution in [3.8, 4) is 0 Å². The first kappa shape index (κ1) is 13.5. The fraction of sp³-hybridized carbons (Fsp3) is 0.385. The average molecular weight is 262 g/mol. The van der Waals surface area contributed by atoms with Crippen LogP contribution in [-0.4, -0.2) is 35.1 Å². The third-order valence-electron chi connectivity index (χ3n) is 2.79. The Morgan fingerprint density at radius 2 is 2.42 bits per heavy atom. The maximum atomic E-state index is 11.6. The van der Waals surface area contributed by atoms with Gasteiger partial charge in [-0.25, -0.2) is 4.98 Å². The molecule has 0 fully saturated rings. The number of fused-ring (bicyclic) bond motifs is 1. The van der Waals surface area contributed by atoms with Gasteiger partial charge in [-0.05, 0) is 24.6 Å². The summed E-state index contributed by atoms with van der Waals surface area (Å²) < 4.78 is 6.75. The van der Waals surface area contributed by atoms with Gasteiger partial charge in [0.05, 0.1) is 18.8 Å². The molecule has 0 aliphatic heterocycles. The summed E-state index contributed by atoms with van der Waals surface area (Å²) in [4.78, 5) is 16.1. The van der Waals surface area contributed by atoms with E-state index >= 15 is 0 Å². The monoisotopic (exact) mass is 262 g/mol. The van der Waals surface area contributed by atoms with E-state index in [9.17, 15) is 4.79 Å². The van der Waals surface area contributed by atoms with E-state index < -0.39 is 6.04 Å². The Morgan fingerprint density at radius 3 is 3.16 bits per heavy atom. The van der Waals surface area contributed by atoms with Crippen LogP contribution in [0.5, 0.6) is 0 Å². The van der Waals surface area contributed by atoms with Crippen LogP contribution in [0.2, 0.25) is 0 Å². The zero-order chi connectivity index (χ0) is 13.8. The molecule has 6 nitrogen and oxygen atoms in total. The number of rotatable bonds is 5. The molecule has 0 aliphatic rings. The van der Waals surface area contributed by atoms with E-state index in [2.05, 4.69) is 10.3 Å². The molecule has 19 heavy (non-hydrogen) atoms. The van der Waals surface area contributed by atoms with Gasteiger partial charge in [-0.2, -0.15) is 0 Å². The van der Waals surface area contributed by atoms with Crippen molar-refractivity contribution in [2.45, 2.75) is 19.5 Å². The van der Waals surface area contributed by atoms with Crippen molar-refractivity contribution in [2.24, 2.45) is 5.73 Å². The third kappa shape index (κ3) is 3.30. The number of imidazole rings is 1. The molecule has 1 unspecified atom stereocenters. The number of ether oxygens (including phenoxy) is 1. The zero-order valence-electron chi connectivity index (χ0n) is 11.1. The van der Waals surface area contributed by atoms with Gasteiger partial charge in [0.15, 0.2) is 0 Å². The van der Waals surface area contributed by atoms with Crippen molar-refractivity contribution in [3.05, 3.63) is 35.8 Å². The van der Waals surface area contributed by atoms with Gasteiger partial charge >= 0.3 is 0 Å². The normalized spacial score (nSPS) is 12.6. The predicted molar refractivity (Wildman–Crippen MR) is 71.6 cm³/mol. The lowest BCUT2D eigenvalue weighted by molar-refractivity contribution is -0.123. The van der Waals surface area contributed by atoms with Crippen LogP contribution in [-0.2, 0) is 16.1 Å². The highest BCUT2D eigenvalue weighted by Gasteiger charge is 2.13. The molecule has 1 atom stereocenters. The number of carbonyl (C=O) groups excluding carboxylic acids is 1. The first-order valence-corrected chi connectivity index (χ1v) is 6.06. The van der Waals surface area contributed by atoms with E-state index in [0.29, 0.717) is 6.54 Å². The standard InChI is InChI=1S/C13H18N4O2/c1-9-3-4-17-7-10(16-12(17)5-9)6-15-13(18)11(14)8-19-2/h3-5,7,11H,6,8,14H2,1-2H3,(H,15,18). The van der Waals surface area contributed by atoms with Crippen LogP contribution < -0.4 is 11.1 Å². The lowest BCUT2D eigenvalue weighted by atomic mass is 10.3. The molecule has 1 amide bonds. The van der Waals surface area contributed by atoms with E-state index in [-0.39, 0.29) is 12.5 Å². The highest BCUT2D eigenvalue weighted by molar-refractivity contribution is 5.81. The Kier molecular flexibility index (Phi) is 4.13. The average Bonchev–Trinajstić information content (AvgIpc) is 2.78. The van der Waals surface area contributed by atoms with E-state index in [1.165, 1.54) is 7.11 Å². The van der Waals surface area contributed by atoms with Gasteiger partial charge in [0, 0.05) is 19.5 Å². The molecule has 0 spiro atoms. The van der Waals surface area contributed by atoms with Crippen LogP contribution in [0.1, 0.15) is 11.3 Å². The first-order valence-electron chi connectivity index (χ1n) is 6.06. The number of aromatic nitrogens is 2. The van der Waals surface area contributed by atoms with Crippen LogP contribution in [0, 0.1) is 6.92 Å². The molecule has 2 rings (SSSR count). The van der Waals surface area contributed by atoms with Crippen molar-refractivity contribution in [3.63, 3.8) is 0 Å². The van der Waals surface area contributed by atoms with Gasteiger partial charge in [-0.15, -0.1) is 0 Å². The Labute approximate surface area is 111 Å². The molecule has 102 valence electrons. The molecular weight excluding hydrogens is 244 g/mol. The molecule has 2 aromatic heterocycles. The summed E-state index contributed by atoms with van der Waals surface area (Å²) in [6.45, 7) is 2.58. The first-order chi connectivity index (χ1) is 9.10. The minimum absolute atomic E-state index is 0.205. The Bertz CT molecular complexity index is 579. The number of hydrogen-bond donors (Lipinski definition) is 2. The summed E-state index contributed by atoms with van der Waals surface area (Å²) in [7, 11) is 1.51. The number of pyridine rings is 1. The van der Waals surface area contributed by atoms with Crippen molar-refractivity contribution >= 4 is 11.6 Å². The number of carbonyl (C=O) groups is 1. The summed E-state index contributed by atoms with van der Waals surface area (Å²) in [5.41, 5.74) is 8.43. The number of hydrogen-bond acceptors (Lipinski definition) is 4. The van der Waals surface area contributed by atoms with Gasteiger partial charge in [0.25, 0.3) is 0 Å². The molecule has 0 saturated carbocycles. The van der Waals surface area contributed by atoms with Crippen LogP contribution in [0.15, 0.2) is 24.5 Å². The Balaban J connectivity index is 2.00. The predicted octanol–water partition coefficient (Wildman–Crippen LogP) is 0.233. The number of nitrogens with two attached hydrogens (primary N) is 1. The second-order valence-corrected chi connectivity index (χ2v) is 4.48. The van der Waals surface area contributed by atoms with Crippen LogP contribution in [0.4, 0.5) is 0 Å². The third-order valence-corrected chi connectivity index (χ3v) is 2.79. The largest absolute Gasteiger partial charge is 0.383 e. The topological polar surface area (TPSA) is 81.6 Å². The fourth-order valence-electron chi connectivity index (χ4n) is 1.79. The van der Waals surface area contributed by atoms with Gasteiger partial charge < -0.3 is 20.2 Å². The maximum Gasteiger partial charge on any atom is 0.239 e. The van der Waals surface area contributed by atoms with E-state index in [4.69, 9.17) is 10.5 Å². The van der Waals surface area contributed by atoms with Gasteiger partial charge in [0.2, 0.25) is 5.91 Å². The summed E-state index contributed by atoms with van der Waals surface area (Å²) in [6.07, 6.45) is 3.83. The lowest BCUT2D eigenvalue weighted by Gasteiger charge is -2.09. The van der Waals surface area contributed by atoms with Gasteiger partial charge in [-0.3, -0.25) is 4.79 Å². The van der Waals surface area contributed by atoms with Crippen molar-refractivity contribution in [1.82, 2.24) is 14.7 Å². The SMILES string of the molecule is COCC(N)C(=O)NCc1cn2ccc(C)cc2n1. The number of amides is 1. The van der Waals surface area contributed by atoms with Crippen molar-refractivity contribution in [2.75, 3.05) is 13.7 Å². The smallest absolute Gasteiger partial charge is 0.239 e. The second kappa shape index (κ2) is 5.81. The van der Waals surface area contributed by atoms with Gasteiger partial charge in [-0.1, -0.05) is 0 Å².